The first kappa shape index (κ1) is 8.59. The van der Waals surface area contributed by atoms with E-state index in [2.05, 4.69) is 10.6 Å². The maximum atomic E-state index is 10.9. The Balaban J connectivity index is 2.47. The van der Waals surface area contributed by atoms with Crippen molar-refractivity contribution < 1.29 is 4.79 Å². The fourth-order valence-electron chi connectivity index (χ4n) is 0.811. The average Bonchev–Trinajstić information content (AvgIpc) is 2.06. The van der Waals surface area contributed by atoms with Crippen molar-refractivity contribution in [1.82, 2.24) is 10.6 Å². The zero-order valence-electron chi connectivity index (χ0n) is 6.95. The number of nitrogens with one attached hydrogen (secondary N) is 1. The van der Waals surface area contributed by atoms with Gasteiger partial charge in [0, 0.05) is 6.54 Å². The summed E-state index contributed by atoms with van der Waals surface area (Å²) >= 11 is 0. The largest absolute Gasteiger partial charge is 0.341 e. The van der Waals surface area contributed by atoms with Gasteiger partial charge in [-0.3, -0.25) is 0 Å². The first-order valence-corrected chi connectivity index (χ1v) is 3.87. The Morgan fingerprint density at radius 2 is 2.08 bits per heavy atom. The van der Waals surface area contributed by atoms with Gasteiger partial charge in [0.2, 0.25) is 0 Å². The third kappa shape index (κ3) is 2.62. The first-order chi connectivity index (χ1) is 5.83. The summed E-state index contributed by atoms with van der Waals surface area (Å²) in [6.45, 7) is 2.47. The van der Waals surface area contributed by atoms with Gasteiger partial charge in [0.15, 0.2) is 0 Å². The molecule has 0 aliphatic rings. The number of hydrogen-bond acceptors (Lipinski definition) is 1. The number of hydrogen-bond donors (Lipinski definition) is 1. The Morgan fingerprint density at radius 1 is 1.42 bits per heavy atom. The van der Waals surface area contributed by atoms with E-state index in [1.165, 1.54) is 0 Å². The van der Waals surface area contributed by atoms with Crippen LogP contribution in [0.15, 0.2) is 30.3 Å². The second kappa shape index (κ2) is 4.38. The summed E-state index contributed by atoms with van der Waals surface area (Å²) in [5.74, 6) is 0. The molecule has 12 heavy (non-hydrogen) atoms. The van der Waals surface area contributed by atoms with E-state index in [1.54, 1.807) is 12.1 Å². The predicted octanol–water partition coefficient (Wildman–Crippen LogP) is 1.65. The summed E-state index contributed by atoms with van der Waals surface area (Å²) in [7, 11) is 0. The normalized spacial score (nSPS) is 9.08. The molecule has 2 amide bonds. The highest BCUT2D eigenvalue weighted by atomic mass is 16.2. The SMILES string of the molecule is CCNC(=O)[N]c1ccccc1. The van der Waals surface area contributed by atoms with Gasteiger partial charge in [-0.15, -0.1) is 0 Å². The van der Waals surface area contributed by atoms with Crippen LogP contribution in [0.2, 0.25) is 0 Å². The molecule has 1 rings (SSSR count). The molecule has 0 heterocycles. The van der Waals surface area contributed by atoms with Crippen molar-refractivity contribution in [3.8, 4) is 0 Å². The molecule has 0 aliphatic carbocycles. The zero-order valence-corrected chi connectivity index (χ0v) is 6.95. The summed E-state index contributed by atoms with van der Waals surface area (Å²) in [6.07, 6.45) is 0. The van der Waals surface area contributed by atoms with E-state index in [4.69, 9.17) is 0 Å². The van der Waals surface area contributed by atoms with Crippen LogP contribution in [0.3, 0.4) is 0 Å². The lowest BCUT2D eigenvalue weighted by Gasteiger charge is -2.00. The molecule has 0 saturated carbocycles. The highest BCUT2D eigenvalue weighted by Gasteiger charge is 1.99. The van der Waals surface area contributed by atoms with E-state index >= 15 is 0 Å². The molecular formula is C9H11N2O. The Labute approximate surface area is 71.8 Å². The quantitative estimate of drug-likeness (QED) is 0.707. The molecule has 0 unspecified atom stereocenters. The van der Waals surface area contributed by atoms with E-state index in [0.29, 0.717) is 12.2 Å². The van der Waals surface area contributed by atoms with Crippen molar-refractivity contribution in [2.24, 2.45) is 0 Å². The van der Waals surface area contributed by atoms with Crippen LogP contribution < -0.4 is 10.6 Å². The Bertz CT molecular complexity index is 246. The van der Waals surface area contributed by atoms with Gasteiger partial charge in [0.25, 0.3) is 0 Å². The van der Waals surface area contributed by atoms with Gasteiger partial charge >= 0.3 is 6.03 Å². The molecule has 1 N–H and O–H groups in total. The third-order valence-corrected chi connectivity index (χ3v) is 1.31. The van der Waals surface area contributed by atoms with Gasteiger partial charge in [0.05, 0.1) is 5.69 Å². The summed E-state index contributed by atoms with van der Waals surface area (Å²) < 4.78 is 0. The minimum absolute atomic E-state index is 0.288. The minimum Gasteiger partial charge on any atom is -0.336 e. The Hall–Kier alpha value is -1.51. The topological polar surface area (TPSA) is 43.2 Å². The summed E-state index contributed by atoms with van der Waals surface area (Å²) in [5.41, 5.74) is 0.684. The van der Waals surface area contributed by atoms with Crippen LogP contribution >= 0.6 is 0 Å². The summed E-state index contributed by atoms with van der Waals surface area (Å²) in [5, 5.41) is 6.39. The molecule has 0 fully saturated rings. The lowest BCUT2D eigenvalue weighted by molar-refractivity contribution is 0.244. The van der Waals surface area contributed by atoms with Gasteiger partial charge in [-0.2, -0.15) is 5.32 Å². The Kier molecular flexibility index (Phi) is 3.14. The first-order valence-electron chi connectivity index (χ1n) is 3.87. The fraction of sp³-hybridized carbons (Fsp3) is 0.222. The fourth-order valence-corrected chi connectivity index (χ4v) is 0.811. The monoisotopic (exact) mass is 163 g/mol. The van der Waals surface area contributed by atoms with E-state index in [9.17, 15) is 4.79 Å². The maximum absolute atomic E-state index is 10.9. The molecule has 1 aromatic carbocycles. The average molecular weight is 163 g/mol. The number of para-hydroxylation sites is 1. The molecule has 0 aromatic heterocycles. The molecule has 1 radical (unpaired) electrons. The lowest BCUT2D eigenvalue weighted by atomic mass is 10.3. The molecule has 0 saturated heterocycles. The van der Waals surface area contributed by atoms with E-state index in [0.717, 1.165) is 0 Å². The Morgan fingerprint density at radius 3 is 2.67 bits per heavy atom. The predicted molar refractivity (Wildman–Crippen MR) is 47.3 cm³/mol. The maximum Gasteiger partial charge on any atom is 0.341 e. The van der Waals surface area contributed by atoms with E-state index < -0.39 is 0 Å². The molecular weight excluding hydrogens is 152 g/mol. The molecule has 0 atom stereocenters. The highest BCUT2D eigenvalue weighted by molar-refractivity contribution is 5.78. The van der Waals surface area contributed by atoms with Crippen molar-refractivity contribution in [2.45, 2.75) is 6.92 Å². The van der Waals surface area contributed by atoms with Gasteiger partial charge in [-0.05, 0) is 19.1 Å². The highest BCUT2D eigenvalue weighted by Crippen LogP contribution is 2.04. The number of carbonyl (C=O) groups excluding carboxylic acids is 1. The second-order valence-corrected chi connectivity index (χ2v) is 2.28. The van der Waals surface area contributed by atoms with Gasteiger partial charge in [-0.1, -0.05) is 18.2 Å². The summed E-state index contributed by atoms with van der Waals surface area (Å²) in [4.78, 5) is 10.9. The smallest absolute Gasteiger partial charge is 0.336 e. The zero-order chi connectivity index (χ0) is 8.81. The van der Waals surface area contributed by atoms with Gasteiger partial charge < -0.3 is 5.32 Å². The lowest BCUT2D eigenvalue weighted by Crippen LogP contribution is -2.27. The van der Waals surface area contributed by atoms with Crippen LogP contribution in [0.1, 0.15) is 6.92 Å². The third-order valence-electron chi connectivity index (χ3n) is 1.31. The second-order valence-electron chi connectivity index (χ2n) is 2.28. The van der Waals surface area contributed by atoms with E-state index in [-0.39, 0.29) is 6.03 Å². The van der Waals surface area contributed by atoms with Crippen LogP contribution in [0.5, 0.6) is 0 Å². The van der Waals surface area contributed by atoms with Crippen LogP contribution in [0, 0.1) is 0 Å². The molecule has 0 bridgehead atoms. The number of nitrogens with zero attached hydrogens (tertiary/aromatic N) is 1. The minimum atomic E-state index is -0.288. The summed E-state index contributed by atoms with van der Waals surface area (Å²) in [6, 6.07) is 8.86. The number of urea groups is 1. The molecule has 3 heteroatoms. The van der Waals surface area contributed by atoms with E-state index in [1.807, 2.05) is 25.1 Å². The van der Waals surface area contributed by atoms with Crippen LogP contribution in [0.25, 0.3) is 0 Å². The van der Waals surface area contributed by atoms with Crippen molar-refractivity contribution in [3.05, 3.63) is 30.3 Å². The van der Waals surface area contributed by atoms with Crippen molar-refractivity contribution in [3.63, 3.8) is 0 Å². The molecule has 0 spiro atoms. The molecule has 63 valence electrons. The van der Waals surface area contributed by atoms with Crippen LogP contribution in [-0.4, -0.2) is 12.6 Å². The number of amides is 2. The molecule has 3 nitrogen and oxygen atoms in total. The molecule has 1 aromatic rings. The van der Waals surface area contributed by atoms with Crippen molar-refractivity contribution in [1.29, 1.82) is 0 Å². The van der Waals surface area contributed by atoms with Gasteiger partial charge in [-0.25, -0.2) is 4.79 Å². The standard InChI is InChI=1S/C9H11N2O/c1-2-10-9(12)11-8-6-4-3-5-7-8/h3-7H,2H2,1H3,(H,10,12). The number of rotatable bonds is 2. The molecule has 0 aliphatic heterocycles. The van der Waals surface area contributed by atoms with Crippen LogP contribution in [0.4, 0.5) is 10.5 Å². The van der Waals surface area contributed by atoms with Crippen molar-refractivity contribution >= 4 is 11.7 Å². The van der Waals surface area contributed by atoms with Crippen molar-refractivity contribution in [2.75, 3.05) is 6.54 Å². The van der Waals surface area contributed by atoms with Crippen LogP contribution in [-0.2, 0) is 0 Å². The number of benzene rings is 1. The van der Waals surface area contributed by atoms with Gasteiger partial charge in [0.1, 0.15) is 0 Å². The number of carbonyl (C=O) groups is 1.